The van der Waals surface area contributed by atoms with Crippen LogP contribution in [0.5, 0.6) is 5.75 Å². The summed E-state index contributed by atoms with van der Waals surface area (Å²) >= 11 is 0. The number of benzene rings is 2. The summed E-state index contributed by atoms with van der Waals surface area (Å²) in [5, 5.41) is 9.35. The maximum Gasteiger partial charge on any atom is 0.347 e. The Morgan fingerprint density at radius 2 is 1.93 bits per heavy atom. The lowest BCUT2D eigenvalue weighted by Crippen LogP contribution is -2.38. The number of anilines is 1. The average Bonchev–Trinajstić information content (AvgIpc) is 3.16. The summed E-state index contributed by atoms with van der Waals surface area (Å²) in [6.45, 7) is 3.73. The monoisotopic (exact) mass is 408 g/mol. The minimum Gasteiger partial charge on any atom is -0.478 e. The molecular weight excluding hydrogens is 380 g/mol. The second kappa shape index (κ2) is 8.38. The second-order valence-corrected chi connectivity index (χ2v) is 8.45. The van der Waals surface area contributed by atoms with E-state index in [-0.39, 0.29) is 0 Å². The van der Waals surface area contributed by atoms with Gasteiger partial charge in [-0.3, -0.25) is 0 Å². The van der Waals surface area contributed by atoms with Crippen molar-refractivity contribution in [2.75, 3.05) is 4.90 Å². The summed E-state index contributed by atoms with van der Waals surface area (Å²) in [5.41, 5.74) is 1.38. The lowest BCUT2D eigenvalue weighted by Gasteiger charge is -2.33. The number of hydrogen-bond acceptors (Lipinski definition) is 5. The quantitative estimate of drug-likeness (QED) is 0.563. The number of carboxylic acid groups (broad SMARTS) is 1. The molecule has 30 heavy (non-hydrogen) atoms. The Morgan fingerprint density at radius 1 is 1.17 bits per heavy atom. The van der Waals surface area contributed by atoms with Crippen LogP contribution < -0.4 is 9.64 Å². The molecule has 0 bridgehead atoms. The van der Waals surface area contributed by atoms with Gasteiger partial charge >= 0.3 is 5.97 Å². The number of carbonyl (C=O) groups is 1. The largest absolute Gasteiger partial charge is 0.478 e. The van der Waals surface area contributed by atoms with E-state index in [2.05, 4.69) is 4.90 Å². The first-order valence-corrected chi connectivity index (χ1v) is 10.6. The van der Waals surface area contributed by atoms with Gasteiger partial charge in [-0.1, -0.05) is 43.5 Å². The predicted octanol–water partition coefficient (Wildman–Crippen LogP) is 5.41. The molecule has 0 atom stereocenters. The molecule has 3 aromatic rings. The van der Waals surface area contributed by atoms with Gasteiger partial charge in [0.15, 0.2) is 11.2 Å². The van der Waals surface area contributed by atoms with Gasteiger partial charge in [-0.2, -0.15) is 4.98 Å². The van der Waals surface area contributed by atoms with Crippen molar-refractivity contribution in [3.05, 3.63) is 54.1 Å². The molecule has 1 saturated carbocycles. The fourth-order valence-corrected chi connectivity index (χ4v) is 3.97. The number of hydrogen-bond donors (Lipinski definition) is 1. The summed E-state index contributed by atoms with van der Waals surface area (Å²) in [5.74, 6) is -0.454. The fraction of sp³-hybridized carbons (Fsp3) is 0.417. The van der Waals surface area contributed by atoms with Gasteiger partial charge in [0.05, 0.1) is 0 Å². The molecule has 0 spiro atoms. The molecule has 0 aliphatic heterocycles. The minimum atomic E-state index is -1.29. The van der Waals surface area contributed by atoms with E-state index in [1.165, 1.54) is 19.3 Å². The molecule has 0 radical (unpaired) electrons. The molecule has 2 aromatic carbocycles. The van der Waals surface area contributed by atoms with E-state index in [4.69, 9.17) is 14.1 Å². The third-order valence-corrected chi connectivity index (χ3v) is 5.68. The van der Waals surface area contributed by atoms with Crippen molar-refractivity contribution in [3.63, 3.8) is 0 Å². The summed E-state index contributed by atoms with van der Waals surface area (Å²) < 4.78 is 11.8. The number of oxazole rings is 1. The van der Waals surface area contributed by atoms with Crippen molar-refractivity contribution in [3.8, 4) is 5.75 Å². The molecule has 6 nitrogen and oxygen atoms in total. The molecule has 1 N–H and O–H groups in total. The van der Waals surface area contributed by atoms with Crippen LogP contribution in [-0.4, -0.2) is 27.7 Å². The van der Waals surface area contributed by atoms with Crippen LogP contribution in [0.4, 0.5) is 6.01 Å². The number of aromatic nitrogens is 1. The average molecular weight is 408 g/mol. The van der Waals surface area contributed by atoms with E-state index in [1.54, 1.807) is 19.9 Å². The summed E-state index contributed by atoms with van der Waals surface area (Å²) in [6, 6.07) is 16.4. The first-order valence-electron chi connectivity index (χ1n) is 10.6. The van der Waals surface area contributed by atoms with E-state index in [0.717, 1.165) is 29.5 Å². The van der Waals surface area contributed by atoms with Crippen LogP contribution >= 0.6 is 0 Å². The van der Waals surface area contributed by atoms with Crippen LogP contribution in [0.3, 0.4) is 0 Å². The highest BCUT2D eigenvalue weighted by Crippen LogP contribution is 2.31. The number of nitrogens with zero attached hydrogens (tertiary/aromatic N) is 2. The van der Waals surface area contributed by atoms with Gasteiger partial charge in [-0.25, -0.2) is 4.79 Å². The van der Waals surface area contributed by atoms with Crippen molar-refractivity contribution in [1.29, 1.82) is 0 Å². The van der Waals surface area contributed by atoms with Gasteiger partial charge in [-0.15, -0.1) is 0 Å². The van der Waals surface area contributed by atoms with Crippen LogP contribution in [-0.2, 0) is 11.3 Å². The molecule has 0 unspecified atom stereocenters. The maximum absolute atomic E-state index is 11.4. The smallest absolute Gasteiger partial charge is 0.347 e. The van der Waals surface area contributed by atoms with Gasteiger partial charge in [0.1, 0.15) is 11.3 Å². The van der Waals surface area contributed by atoms with Crippen LogP contribution in [0.15, 0.2) is 52.9 Å². The van der Waals surface area contributed by atoms with Gasteiger partial charge in [-0.05, 0) is 56.5 Å². The van der Waals surface area contributed by atoms with Crippen molar-refractivity contribution in [1.82, 2.24) is 4.98 Å². The van der Waals surface area contributed by atoms with Crippen molar-refractivity contribution in [2.24, 2.45) is 0 Å². The zero-order valence-electron chi connectivity index (χ0n) is 17.5. The molecule has 0 saturated heterocycles. The Balaban J connectivity index is 1.62. The van der Waals surface area contributed by atoms with Crippen LogP contribution in [0, 0.1) is 0 Å². The lowest BCUT2D eigenvalue weighted by molar-refractivity contribution is -0.152. The minimum absolute atomic E-state index is 0.367. The Hall–Kier alpha value is -3.02. The second-order valence-electron chi connectivity index (χ2n) is 8.45. The standard InChI is InChI=1S/C24H28N2O4/c1-24(2,22(27)28)30-19-12-8-9-17(15-19)16-26(18-10-4-3-5-11-18)23-25-20-13-6-7-14-21(20)29-23/h6-9,12-15,18H,3-5,10-11,16H2,1-2H3,(H,27,28). The number of aliphatic carboxylic acids is 1. The number of rotatable bonds is 7. The van der Waals surface area contributed by atoms with Crippen LogP contribution in [0.2, 0.25) is 0 Å². The molecular formula is C24H28N2O4. The van der Waals surface area contributed by atoms with Gasteiger partial charge in [0.25, 0.3) is 6.01 Å². The van der Waals surface area contributed by atoms with Gasteiger partial charge in [0, 0.05) is 12.6 Å². The third kappa shape index (κ3) is 4.42. The molecule has 1 aliphatic carbocycles. The molecule has 0 amide bonds. The molecule has 1 heterocycles. The van der Waals surface area contributed by atoms with Crippen molar-refractivity contribution in [2.45, 2.75) is 64.1 Å². The highest BCUT2D eigenvalue weighted by molar-refractivity contribution is 5.77. The highest BCUT2D eigenvalue weighted by atomic mass is 16.5. The van der Waals surface area contributed by atoms with E-state index in [1.807, 2.05) is 42.5 Å². The van der Waals surface area contributed by atoms with Gasteiger partial charge < -0.3 is 19.2 Å². The van der Waals surface area contributed by atoms with E-state index in [0.29, 0.717) is 24.4 Å². The topological polar surface area (TPSA) is 75.8 Å². The molecule has 158 valence electrons. The molecule has 4 rings (SSSR count). The number of ether oxygens (including phenoxy) is 1. The van der Waals surface area contributed by atoms with E-state index >= 15 is 0 Å². The SMILES string of the molecule is CC(C)(Oc1cccc(CN(c2nc3ccccc3o2)C2CCCCC2)c1)C(=O)O. The molecule has 1 aromatic heterocycles. The van der Waals surface area contributed by atoms with E-state index in [9.17, 15) is 9.90 Å². The highest BCUT2D eigenvalue weighted by Gasteiger charge is 2.30. The zero-order chi connectivity index (χ0) is 21.1. The normalized spacial score (nSPS) is 15.3. The lowest BCUT2D eigenvalue weighted by atomic mass is 9.94. The molecule has 6 heteroatoms. The van der Waals surface area contributed by atoms with Gasteiger partial charge in [0.2, 0.25) is 0 Å². The Morgan fingerprint density at radius 3 is 2.67 bits per heavy atom. The maximum atomic E-state index is 11.4. The van der Waals surface area contributed by atoms with Crippen LogP contribution in [0.25, 0.3) is 11.1 Å². The molecule has 1 fully saturated rings. The third-order valence-electron chi connectivity index (χ3n) is 5.68. The summed E-state index contributed by atoms with van der Waals surface area (Å²) in [6.07, 6.45) is 5.90. The molecule has 1 aliphatic rings. The number of para-hydroxylation sites is 2. The number of fused-ring (bicyclic) bond motifs is 1. The van der Waals surface area contributed by atoms with E-state index < -0.39 is 11.6 Å². The summed E-state index contributed by atoms with van der Waals surface area (Å²) in [4.78, 5) is 18.4. The Labute approximate surface area is 176 Å². The zero-order valence-corrected chi connectivity index (χ0v) is 17.5. The van der Waals surface area contributed by atoms with Crippen molar-refractivity contribution < 1.29 is 19.1 Å². The summed E-state index contributed by atoms with van der Waals surface area (Å²) in [7, 11) is 0. The number of carboxylic acids is 1. The Kier molecular flexibility index (Phi) is 5.66. The first kappa shape index (κ1) is 20.3. The first-order chi connectivity index (χ1) is 14.4. The Bertz CT molecular complexity index is 988. The van der Waals surface area contributed by atoms with Crippen molar-refractivity contribution >= 4 is 23.1 Å². The van der Waals surface area contributed by atoms with Crippen LogP contribution in [0.1, 0.15) is 51.5 Å². The predicted molar refractivity (Wildman–Crippen MR) is 116 cm³/mol. The fourth-order valence-electron chi connectivity index (χ4n) is 3.97.